The van der Waals surface area contributed by atoms with Crippen molar-refractivity contribution in [2.24, 2.45) is 12.8 Å². The molecule has 0 saturated carbocycles. The Hall–Kier alpha value is -1.39. The maximum Gasteiger partial charge on any atom is 0.141 e. The fourth-order valence-corrected chi connectivity index (χ4v) is 2.22. The lowest BCUT2D eigenvalue weighted by atomic mass is 10.0. The zero-order valence-electron chi connectivity index (χ0n) is 10.3. The summed E-state index contributed by atoms with van der Waals surface area (Å²) in [4.78, 5) is 0. The van der Waals surface area contributed by atoms with Crippen LogP contribution in [0.3, 0.4) is 0 Å². The summed E-state index contributed by atoms with van der Waals surface area (Å²) in [7, 11) is 1.86. The lowest BCUT2D eigenvalue weighted by molar-refractivity contribution is 0.626. The monoisotopic (exact) mass is 267 g/mol. The predicted molar refractivity (Wildman–Crippen MR) is 70.0 cm³/mol. The maximum absolute atomic E-state index is 13.1. The molecule has 0 radical (unpaired) electrons. The van der Waals surface area contributed by atoms with Crippen LogP contribution in [0.1, 0.15) is 22.9 Å². The topological polar surface area (TPSA) is 43.8 Å². The first-order valence-corrected chi connectivity index (χ1v) is 6.05. The van der Waals surface area contributed by atoms with Crippen LogP contribution in [0, 0.1) is 12.7 Å². The molecule has 1 unspecified atom stereocenters. The van der Waals surface area contributed by atoms with Crippen LogP contribution in [0.25, 0.3) is 0 Å². The van der Waals surface area contributed by atoms with Gasteiger partial charge in [-0.3, -0.25) is 4.68 Å². The molecule has 96 valence electrons. The Kier molecular flexibility index (Phi) is 3.68. The molecule has 1 aromatic heterocycles. The van der Waals surface area contributed by atoms with E-state index in [1.807, 2.05) is 20.2 Å². The number of aromatic nitrogens is 2. The maximum atomic E-state index is 13.1. The molecule has 2 aromatic rings. The van der Waals surface area contributed by atoms with Gasteiger partial charge < -0.3 is 5.73 Å². The lowest BCUT2D eigenvalue weighted by Crippen LogP contribution is -2.13. The van der Waals surface area contributed by atoms with Crippen LogP contribution in [0.2, 0.25) is 5.02 Å². The Bertz CT molecular complexity index is 565. The van der Waals surface area contributed by atoms with Crippen LogP contribution in [-0.4, -0.2) is 9.78 Å². The van der Waals surface area contributed by atoms with Crippen molar-refractivity contribution in [1.82, 2.24) is 9.78 Å². The largest absolute Gasteiger partial charge is 0.324 e. The first kappa shape index (κ1) is 13.1. The van der Waals surface area contributed by atoms with E-state index in [0.29, 0.717) is 6.42 Å². The summed E-state index contributed by atoms with van der Waals surface area (Å²) < 4.78 is 14.8. The molecule has 2 rings (SSSR count). The van der Waals surface area contributed by atoms with E-state index in [2.05, 4.69) is 5.10 Å². The SMILES string of the molecule is Cc1nn(C)cc1C(N)Cc1ccc(F)c(Cl)c1. The molecule has 1 heterocycles. The zero-order valence-corrected chi connectivity index (χ0v) is 11.1. The fraction of sp³-hybridized carbons (Fsp3) is 0.308. The molecule has 0 bridgehead atoms. The number of benzene rings is 1. The van der Waals surface area contributed by atoms with Gasteiger partial charge in [0.25, 0.3) is 0 Å². The molecule has 0 aliphatic rings. The van der Waals surface area contributed by atoms with Gasteiger partial charge in [0.15, 0.2) is 0 Å². The molecular weight excluding hydrogens is 253 g/mol. The Labute approximate surface area is 110 Å². The van der Waals surface area contributed by atoms with Crippen molar-refractivity contribution in [3.8, 4) is 0 Å². The zero-order chi connectivity index (χ0) is 13.3. The van der Waals surface area contributed by atoms with Gasteiger partial charge in [0.05, 0.1) is 10.7 Å². The molecule has 0 aliphatic carbocycles. The molecule has 1 atom stereocenters. The predicted octanol–water partition coefficient (Wildman–Crippen LogP) is 2.76. The summed E-state index contributed by atoms with van der Waals surface area (Å²) in [6.45, 7) is 1.92. The first-order chi connectivity index (χ1) is 8.47. The Morgan fingerprint density at radius 3 is 2.78 bits per heavy atom. The average molecular weight is 268 g/mol. The van der Waals surface area contributed by atoms with Crippen LogP contribution in [0.4, 0.5) is 4.39 Å². The van der Waals surface area contributed by atoms with Crippen molar-refractivity contribution in [1.29, 1.82) is 0 Å². The Balaban J connectivity index is 2.18. The van der Waals surface area contributed by atoms with Crippen molar-refractivity contribution in [2.75, 3.05) is 0 Å². The molecule has 5 heteroatoms. The third-order valence-corrected chi connectivity index (χ3v) is 3.18. The van der Waals surface area contributed by atoms with E-state index in [1.54, 1.807) is 16.8 Å². The minimum absolute atomic E-state index is 0.127. The summed E-state index contributed by atoms with van der Waals surface area (Å²) in [6.07, 6.45) is 2.51. The molecule has 0 aliphatic heterocycles. The summed E-state index contributed by atoms with van der Waals surface area (Å²) in [5.74, 6) is -0.411. The third-order valence-electron chi connectivity index (χ3n) is 2.89. The van der Waals surface area contributed by atoms with E-state index in [1.165, 1.54) is 6.07 Å². The smallest absolute Gasteiger partial charge is 0.141 e. The van der Waals surface area contributed by atoms with Crippen LogP contribution in [-0.2, 0) is 13.5 Å². The number of nitrogens with zero attached hydrogens (tertiary/aromatic N) is 2. The molecule has 0 saturated heterocycles. The number of hydrogen-bond acceptors (Lipinski definition) is 2. The van der Waals surface area contributed by atoms with Gasteiger partial charge in [-0.05, 0) is 31.0 Å². The van der Waals surface area contributed by atoms with Crippen molar-refractivity contribution >= 4 is 11.6 Å². The number of hydrogen-bond donors (Lipinski definition) is 1. The van der Waals surface area contributed by atoms with E-state index < -0.39 is 5.82 Å². The van der Waals surface area contributed by atoms with Gasteiger partial charge >= 0.3 is 0 Å². The summed E-state index contributed by atoms with van der Waals surface area (Å²) in [6, 6.07) is 4.51. The number of nitrogens with two attached hydrogens (primary N) is 1. The number of aryl methyl sites for hydroxylation is 2. The Morgan fingerprint density at radius 2 is 2.22 bits per heavy atom. The van der Waals surface area contributed by atoms with Crippen molar-refractivity contribution in [3.63, 3.8) is 0 Å². The molecule has 3 nitrogen and oxygen atoms in total. The van der Waals surface area contributed by atoms with Gasteiger partial charge in [0, 0.05) is 24.8 Å². The van der Waals surface area contributed by atoms with Gasteiger partial charge in [0.1, 0.15) is 5.82 Å². The highest BCUT2D eigenvalue weighted by Crippen LogP contribution is 2.22. The fourth-order valence-electron chi connectivity index (χ4n) is 2.01. The second kappa shape index (κ2) is 5.08. The molecule has 2 N–H and O–H groups in total. The standard InChI is InChI=1S/C13H15ClFN3/c1-8-10(7-18(2)17-8)13(16)6-9-3-4-12(15)11(14)5-9/h3-5,7,13H,6,16H2,1-2H3. The normalized spacial score (nSPS) is 12.7. The lowest BCUT2D eigenvalue weighted by Gasteiger charge is -2.11. The van der Waals surface area contributed by atoms with E-state index in [0.717, 1.165) is 16.8 Å². The van der Waals surface area contributed by atoms with Gasteiger partial charge in [-0.15, -0.1) is 0 Å². The van der Waals surface area contributed by atoms with Crippen molar-refractivity contribution in [2.45, 2.75) is 19.4 Å². The van der Waals surface area contributed by atoms with E-state index in [-0.39, 0.29) is 11.1 Å². The van der Waals surface area contributed by atoms with Gasteiger partial charge in [-0.25, -0.2) is 4.39 Å². The quantitative estimate of drug-likeness (QED) is 0.929. The van der Waals surface area contributed by atoms with E-state index in [9.17, 15) is 4.39 Å². The molecule has 18 heavy (non-hydrogen) atoms. The van der Waals surface area contributed by atoms with Crippen LogP contribution in [0.5, 0.6) is 0 Å². The molecular formula is C13H15ClFN3. The highest BCUT2D eigenvalue weighted by atomic mass is 35.5. The highest BCUT2D eigenvalue weighted by Gasteiger charge is 2.13. The first-order valence-electron chi connectivity index (χ1n) is 5.67. The average Bonchev–Trinajstić information content (AvgIpc) is 2.63. The molecule has 0 fully saturated rings. The second-order valence-corrected chi connectivity index (χ2v) is 4.81. The van der Waals surface area contributed by atoms with E-state index >= 15 is 0 Å². The molecule has 1 aromatic carbocycles. The Morgan fingerprint density at radius 1 is 1.50 bits per heavy atom. The highest BCUT2D eigenvalue weighted by molar-refractivity contribution is 6.30. The van der Waals surface area contributed by atoms with Crippen LogP contribution in [0.15, 0.2) is 24.4 Å². The number of rotatable bonds is 3. The summed E-state index contributed by atoms with van der Waals surface area (Å²) in [5.41, 5.74) is 8.97. The summed E-state index contributed by atoms with van der Waals surface area (Å²) in [5, 5.41) is 4.38. The molecule has 0 amide bonds. The van der Waals surface area contributed by atoms with Gasteiger partial charge in [0.2, 0.25) is 0 Å². The summed E-state index contributed by atoms with van der Waals surface area (Å²) >= 11 is 5.75. The number of halogens is 2. The minimum atomic E-state index is -0.411. The van der Waals surface area contributed by atoms with Crippen LogP contribution < -0.4 is 5.73 Å². The van der Waals surface area contributed by atoms with Gasteiger partial charge in [-0.1, -0.05) is 17.7 Å². The second-order valence-electron chi connectivity index (χ2n) is 4.40. The van der Waals surface area contributed by atoms with Crippen LogP contribution >= 0.6 is 11.6 Å². The van der Waals surface area contributed by atoms with Gasteiger partial charge in [-0.2, -0.15) is 5.10 Å². The minimum Gasteiger partial charge on any atom is -0.324 e. The van der Waals surface area contributed by atoms with Crippen molar-refractivity contribution in [3.05, 3.63) is 52.1 Å². The molecule has 0 spiro atoms. The van der Waals surface area contributed by atoms with Crippen molar-refractivity contribution < 1.29 is 4.39 Å². The van der Waals surface area contributed by atoms with E-state index in [4.69, 9.17) is 17.3 Å². The third kappa shape index (κ3) is 2.71.